The molecule has 2 saturated carbocycles. The largest absolute Gasteiger partial charge is 2.00 e. The van der Waals surface area contributed by atoms with E-state index >= 15 is 0 Å². The molecule has 0 amide bonds. The number of hydrogen-bond acceptors (Lipinski definition) is 1. The summed E-state index contributed by atoms with van der Waals surface area (Å²) in [5.41, 5.74) is 6.40. The number of rotatable bonds is 6. The second kappa shape index (κ2) is 25.5. The third-order valence-electron chi connectivity index (χ3n) is 7.78. The van der Waals surface area contributed by atoms with Crippen LogP contribution in [-0.4, -0.2) is 19.4 Å². The maximum absolute atomic E-state index is 5.32. The van der Waals surface area contributed by atoms with Crippen molar-refractivity contribution in [1.29, 1.82) is 0 Å². The SMILES string of the molecule is C1CCOC1.[CH-]=C(C)CCC.[CH]1[CH][CH][CH][CH]1.[CH]1[CH][CH][CH][CH]1.[Zr+2].c1ccc([B-](c2ccccc2)(c2ccccc2)c2ccccc2)cc1. The van der Waals surface area contributed by atoms with Gasteiger partial charge in [-0.05, 0) is 77.0 Å². The molecule has 0 atom stereocenters. The smallest absolute Gasteiger partial charge is 0.515 e. The fourth-order valence-corrected chi connectivity index (χ4v) is 5.67. The topological polar surface area (TPSA) is 9.23 Å². The van der Waals surface area contributed by atoms with Gasteiger partial charge in [0.15, 0.2) is 0 Å². The van der Waals surface area contributed by atoms with Crippen LogP contribution in [0.15, 0.2) is 127 Å². The predicted octanol–water partition coefficient (Wildman–Crippen LogP) is 8.07. The molecule has 0 bridgehead atoms. The van der Waals surface area contributed by atoms with Gasteiger partial charge < -0.3 is 11.3 Å². The monoisotopic (exact) mass is 694 g/mol. The van der Waals surface area contributed by atoms with Gasteiger partial charge in [0.1, 0.15) is 6.15 Å². The van der Waals surface area contributed by atoms with Gasteiger partial charge in [-0.1, -0.05) is 148 Å². The van der Waals surface area contributed by atoms with E-state index in [1.165, 1.54) is 41.1 Å². The summed E-state index contributed by atoms with van der Waals surface area (Å²) in [6.45, 7) is 11.4. The summed E-state index contributed by atoms with van der Waals surface area (Å²) in [4.78, 5) is 0. The van der Waals surface area contributed by atoms with E-state index in [9.17, 15) is 0 Å². The number of ether oxygens (including phenoxy) is 1. The Balaban J connectivity index is 0.000000280. The minimum atomic E-state index is -1.22. The molecule has 1 saturated heterocycles. The minimum absolute atomic E-state index is 0. The van der Waals surface area contributed by atoms with E-state index in [0.29, 0.717) is 0 Å². The van der Waals surface area contributed by atoms with E-state index in [1.54, 1.807) is 0 Å². The Labute approximate surface area is 307 Å². The molecule has 3 aliphatic rings. The third kappa shape index (κ3) is 14.7. The molecule has 4 aromatic rings. The van der Waals surface area contributed by atoms with Gasteiger partial charge in [0.25, 0.3) is 0 Å². The van der Waals surface area contributed by atoms with Crippen LogP contribution in [0.25, 0.3) is 0 Å². The maximum Gasteiger partial charge on any atom is 2.00 e. The Morgan fingerprint density at radius 1 is 0.511 bits per heavy atom. The summed E-state index contributed by atoms with van der Waals surface area (Å²) in [5, 5.41) is 0. The van der Waals surface area contributed by atoms with E-state index in [-0.39, 0.29) is 26.2 Å². The first-order valence-electron chi connectivity index (χ1n) is 16.6. The van der Waals surface area contributed by atoms with Crippen LogP contribution in [0.5, 0.6) is 0 Å². The molecule has 1 heterocycles. The quantitative estimate of drug-likeness (QED) is 0.147. The number of benzene rings is 4. The molecule has 4 aromatic carbocycles. The number of allylic oxidation sites excluding steroid dienone is 1. The van der Waals surface area contributed by atoms with Crippen LogP contribution in [0, 0.1) is 70.8 Å². The van der Waals surface area contributed by atoms with E-state index in [1.807, 2.05) is 71.1 Å². The summed E-state index contributed by atoms with van der Waals surface area (Å²) >= 11 is 0. The molecule has 7 rings (SSSR count). The summed E-state index contributed by atoms with van der Waals surface area (Å²) in [6, 6.07) is 43.5. The molecule has 47 heavy (non-hydrogen) atoms. The average Bonchev–Trinajstić information content (AvgIpc) is 3.95. The molecule has 2 aliphatic carbocycles. The van der Waals surface area contributed by atoms with Crippen LogP contribution in [0.4, 0.5) is 0 Å². The molecular formula is C44H49BOZr. The van der Waals surface area contributed by atoms with Crippen LogP contribution in [-0.2, 0) is 30.9 Å². The van der Waals surface area contributed by atoms with Crippen molar-refractivity contribution >= 4 is 28.0 Å². The van der Waals surface area contributed by atoms with Crippen LogP contribution in [0.3, 0.4) is 0 Å². The molecule has 0 N–H and O–H groups in total. The molecule has 3 heteroatoms. The Bertz CT molecular complexity index is 1070. The maximum atomic E-state index is 5.32. The van der Waals surface area contributed by atoms with E-state index in [2.05, 4.69) is 128 Å². The molecular weight excluding hydrogens is 647 g/mol. The van der Waals surface area contributed by atoms with Gasteiger partial charge in [-0.15, -0.1) is 0 Å². The average molecular weight is 696 g/mol. The molecule has 3 fully saturated rings. The van der Waals surface area contributed by atoms with Crippen LogP contribution in [0.2, 0.25) is 0 Å². The Hall–Kier alpha value is -2.47. The molecule has 238 valence electrons. The standard InChI is InChI=1S/C24H20B.C6H11.2C5H5.C4H8O.Zr/c1-5-13-21(14-6-1)25(22-15-7-2-8-16-22,23-17-9-3-10-18-23)24-19-11-4-12-20-24;1-4-5-6(2)3;3*1-2-4-5-3-1;/h1-20H;2H,4-5H2,1,3H3;2*1-5H;1-4H2;/q2*-1;;;;+2. The third-order valence-corrected chi connectivity index (χ3v) is 7.78. The summed E-state index contributed by atoms with van der Waals surface area (Å²) < 4.78 is 4.94. The van der Waals surface area contributed by atoms with Crippen molar-refractivity contribution in [1.82, 2.24) is 0 Å². The Morgan fingerprint density at radius 3 is 0.915 bits per heavy atom. The van der Waals surface area contributed by atoms with Gasteiger partial charge in [0.05, 0.1) is 0 Å². The number of hydrogen-bond donors (Lipinski definition) is 0. The molecule has 1 aliphatic heterocycles. The van der Waals surface area contributed by atoms with Crippen molar-refractivity contribution in [3.05, 3.63) is 198 Å². The first-order chi connectivity index (χ1) is 22.7. The second-order valence-corrected chi connectivity index (χ2v) is 11.3. The minimum Gasteiger partial charge on any atom is -0.515 e. The zero-order valence-corrected chi connectivity index (χ0v) is 30.6. The van der Waals surface area contributed by atoms with Gasteiger partial charge in [-0.3, -0.25) is 5.57 Å². The predicted molar refractivity (Wildman–Crippen MR) is 202 cm³/mol. The van der Waals surface area contributed by atoms with E-state index in [4.69, 9.17) is 11.3 Å². The zero-order valence-electron chi connectivity index (χ0n) is 28.1. The van der Waals surface area contributed by atoms with Crippen molar-refractivity contribution in [2.24, 2.45) is 0 Å². The summed E-state index contributed by atoms with van der Waals surface area (Å²) in [5.74, 6) is 0. The molecule has 0 aromatic heterocycles. The van der Waals surface area contributed by atoms with Crippen molar-refractivity contribution in [2.75, 3.05) is 13.2 Å². The molecule has 0 unspecified atom stereocenters. The van der Waals surface area contributed by atoms with Crippen molar-refractivity contribution in [2.45, 2.75) is 39.5 Å². The fraction of sp³-hybridized carbons (Fsp3) is 0.182. The Kier molecular flexibility index (Phi) is 22.1. The van der Waals surface area contributed by atoms with Crippen LogP contribution < -0.4 is 21.9 Å². The Morgan fingerprint density at radius 2 is 0.766 bits per heavy atom. The summed E-state index contributed by atoms with van der Waals surface area (Å²) in [7, 11) is 0. The molecule has 1 nitrogen and oxygen atoms in total. The first kappa shape index (κ1) is 40.7. The van der Waals surface area contributed by atoms with Crippen LogP contribution in [0.1, 0.15) is 39.5 Å². The first-order valence-corrected chi connectivity index (χ1v) is 16.6. The van der Waals surface area contributed by atoms with E-state index in [0.717, 1.165) is 25.2 Å². The van der Waals surface area contributed by atoms with Gasteiger partial charge in [-0.25, -0.2) is 0 Å². The zero-order chi connectivity index (χ0) is 32.5. The van der Waals surface area contributed by atoms with Gasteiger partial charge in [0.2, 0.25) is 0 Å². The normalized spacial score (nSPS) is 14.7. The molecule has 0 spiro atoms. The van der Waals surface area contributed by atoms with Crippen molar-refractivity contribution in [3.63, 3.8) is 0 Å². The van der Waals surface area contributed by atoms with Gasteiger partial charge >= 0.3 is 26.2 Å². The van der Waals surface area contributed by atoms with Crippen LogP contribution >= 0.6 is 0 Å². The van der Waals surface area contributed by atoms with Crippen molar-refractivity contribution < 1.29 is 30.9 Å². The van der Waals surface area contributed by atoms with Crippen molar-refractivity contribution in [3.8, 4) is 0 Å². The van der Waals surface area contributed by atoms with Gasteiger partial charge in [-0.2, -0.15) is 21.9 Å². The fourth-order valence-electron chi connectivity index (χ4n) is 5.67. The molecule has 10 radical (unpaired) electrons. The summed E-state index contributed by atoms with van der Waals surface area (Å²) in [6.07, 6.45) is 23.6. The second-order valence-electron chi connectivity index (χ2n) is 11.3. The van der Waals surface area contributed by atoms with E-state index < -0.39 is 6.15 Å². The van der Waals surface area contributed by atoms with Gasteiger partial charge in [0, 0.05) is 13.2 Å².